The molecule has 5 nitrogen and oxygen atoms in total. The first-order valence-corrected chi connectivity index (χ1v) is 9.90. The van der Waals surface area contributed by atoms with Gasteiger partial charge < -0.3 is 10.6 Å². The summed E-state index contributed by atoms with van der Waals surface area (Å²) >= 11 is 2.71. The summed E-state index contributed by atoms with van der Waals surface area (Å²) in [5.41, 5.74) is 2.30. The number of thiophene rings is 1. The van der Waals surface area contributed by atoms with Gasteiger partial charge in [-0.25, -0.2) is 0 Å². The Bertz CT molecular complexity index is 898. The summed E-state index contributed by atoms with van der Waals surface area (Å²) < 4.78 is 0. The van der Waals surface area contributed by atoms with E-state index in [0.29, 0.717) is 10.6 Å². The summed E-state index contributed by atoms with van der Waals surface area (Å²) in [6.45, 7) is 1.96. The number of nitriles is 1. The number of amides is 2. The largest absolute Gasteiger partial charge is 0.325 e. The Balaban J connectivity index is 1.71. The average Bonchev–Trinajstić information content (AvgIpc) is 3.14. The molecule has 1 aliphatic heterocycles. The van der Waals surface area contributed by atoms with E-state index < -0.39 is 0 Å². The third-order valence-electron chi connectivity index (χ3n) is 3.89. The summed E-state index contributed by atoms with van der Waals surface area (Å²) in [6.07, 6.45) is 0.253. The highest BCUT2D eigenvalue weighted by Gasteiger charge is 2.30. The van der Waals surface area contributed by atoms with Crippen LogP contribution >= 0.6 is 23.1 Å². The Morgan fingerprint density at radius 2 is 2.27 bits per heavy atom. The van der Waals surface area contributed by atoms with Crippen LogP contribution in [0.5, 0.6) is 0 Å². The highest BCUT2D eigenvalue weighted by molar-refractivity contribution is 8.03. The highest BCUT2D eigenvalue weighted by Crippen LogP contribution is 2.37. The predicted molar refractivity (Wildman–Crippen MR) is 105 cm³/mol. The van der Waals surface area contributed by atoms with Gasteiger partial charge in [0.15, 0.2) is 0 Å². The molecule has 0 bridgehead atoms. The molecule has 3 rings (SSSR count). The molecule has 1 aromatic heterocycles. The highest BCUT2D eigenvalue weighted by atomic mass is 32.2. The first-order valence-electron chi connectivity index (χ1n) is 8.03. The van der Waals surface area contributed by atoms with Crippen molar-refractivity contribution >= 4 is 40.6 Å². The normalized spacial score (nSPS) is 16.8. The number of benzene rings is 1. The van der Waals surface area contributed by atoms with Crippen LogP contribution in [0.4, 0.5) is 5.69 Å². The van der Waals surface area contributed by atoms with Crippen molar-refractivity contribution in [2.45, 2.75) is 19.3 Å². The van der Waals surface area contributed by atoms with E-state index in [9.17, 15) is 14.9 Å². The van der Waals surface area contributed by atoms with Crippen molar-refractivity contribution in [3.8, 4) is 6.07 Å². The van der Waals surface area contributed by atoms with E-state index in [-0.39, 0.29) is 29.9 Å². The number of hydrogen-bond donors (Lipinski definition) is 2. The molecule has 0 saturated carbocycles. The summed E-state index contributed by atoms with van der Waals surface area (Å²) in [4.78, 5) is 25.2. The smallest absolute Gasteiger partial charge is 0.234 e. The van der Waals surface area contributed by atoms with E-state index in [1.165, 1.54) is 23.1 Å². The third kappa shape index (κ3) is 4.34. The molecule has 132 valence electrons. The second-order valence-corrected chi connectivity index (χ2v) is 7.85. The van der Waals surface area contributed by atoms with E-state index in [2.05, 4.69) is 16.7 Å². The van der Waals surface area contributed by atoms with Crippen LogP contribution in [-0.2, 0) is 9.59 Å². The Hall–Kier alpha value is -2.56. The molecular formula is C19H17N3O2S2. The number of anilines is 1. The molecule has 1 aliphatic rings. The summed E-state index contributed by atoms with van der Waals surface area (Å²) in [7, 11) is 0. The number of carbonyl (C=O) groups excluding carboxylic acids is 2. The van der Waals surface area contributed by atoms with Crippen molar-refractivity contribution in [2.75, 3.05) is 11.1 Å². The number of nitrogens with zero attached hydrogens (tertiary/aromatic N) is 1. The number of nitrogens with one attached hydrogen (secondary N) is 2. The van der Waals surface area contributed by atoms with Crippen LogP contribution in [0, 0.1) is 18.3 Å². The number of carbonyl (C=O) groups is 2. The topological polar surface area (TPSA) is 82.0 Å². The van der Waals surface area contributed by atoms with Crippen LogP contribution in [0.1, 0.15) is 22.8 Å². The maximum atomic E-state index is 12.2. The Morgan fingerprint density at radius 1 is 1.42 bits per heavy atom. The maximum Gasteiger partial charge on any atom is 0.234 e. The molecular weight excluding hydrogens is 366 g/mol. The fourth-order valence-corrected chi connectivity index (χ4v) is 4.44. The van der Waals surface area contributed by atoms with Gasteiger partial charge in [0.25, 0.3) is 0 Å². The Labute approximate surface area is 160 Å². The zero-order valence-corrected chi connectivity index (χ0v) is 15.7. The molecule has 2 heterocycles. The van der Waals surface area contributed by atoms with Gasteiger partial charge in [-0.3, -0.25) is 9.59 Å². The number of aryl methyl sites for hydroxylation is 1. The third-order valence-corrected chi connectivity index (χ3v) is 5.90. The summed E-state index contributed by atoms with van der Waals surface area (Å²) in [6, 6.07) is 13.6. The molecule has 0 spiro atoms. The van der Waals surface area contributed by atoms with E-state index in [0.717, 1.165) is 16.1 Å². The minimum Gasteiger partial charge on any atom is -0.325 e. The van der Waals surface area contributed by atoms with Crippen molar-refractivity contribution in [3.63, 3.8) is 0 Å². The molecule has 2 aromatic rings. The lowest BCUT2D eigenvalue weighted by atomic mass is 9.93. The van der Waals surface area contributed by atoms with Crippen molar-refractivity contribution in [1.29, 1.82) is 5.26 Å². The van der Waals surface area contributed by atoms with Gasteiger partial charge in [-0.15, -0.1) is 11.3 Å². The first kappa shape index (κ1) is 18.2. The zero-order chi connectivity index (χ0) is 18.5. The fraction of sp³-hybridized carbons (Fsp3) is 0.211. The van der Waals surface area contributed by atoms with Crippen LogP contribution in [0.15, 0.2) is 52.4 Å². The minimum absolute atomic E-state index is 0.117. The Kier molecular flexibility index (Phi) is 5.76. The second-order valence-electron chi connectivity index (χ2n) is 5.88. The lowest BCUT2D eigenvalue weighted by molar-refractivity contribution is -0.121. The van der Waals surface area contributed by atoms with Gasteiger partial charge in [0.2, 0.25) is 11.8 Å². The lowest BCUT2D eigenvalue weighted by Gasteiger charge is -2.23. The molecule has 0 radical (unpaired) electrons. The molecule has 0 saturated heterocycles. The van der Waals surface area contributed by atoms with Crippen LogP contribution in [0.2, 0.25) is 0 Å². The van der Waals surface area contributed by atoms with E-state index in [4.69, 9.17) is 0 Å². The zero-order valence-electron chi connectivity index (χ0n) is 14.1. The minimum atomic E-state index is -0.240. The molecule has 0 fully saturated rings. The lowest BCUT2D eigenvalue weighted by Crippen LogP contribution is -2.31. The molecule has 2 N–H and O–H groups in total. The van der Waals surface area contributed by atoms with Gasteiger partial charge >= 0.3 is 0 Å². The van der Waals surface area contributed by atoms with Crippen LogP contribution in [0.3, 0.4) is 0 Å². The van der Waals surface area contributed by atoms with Crippen LogP contribution in [0.25, 0.3) is 0 Å². The molecule has 26 heavy (non-hydrogen) atoms. The second kappa shape index (κ2) is 8.21. The quantitative estimate of drug-likeness (QED) is 0.823. The number of hydrogen-bond acceptors (Lipinski definition) is 5. The van der Waals surface area contributed by atoms with Crippen molar-refractivity contribution in [3.05, 3.63) is 62.8 Å². The SMILES string of the molecule is Cc1cccc(NC(=O)CSC2=C(C#N)[C@H](c3cccs3)CC(=O)N2)c1. The van der Waals surface area contributed by atoms with E-state index in [1.807, 2.05) is 48.7 Å². The number of thioether (sulfide) groups is 1. The van der Waals surface area contributed by atoms with Gasteiger partial charge in [0.05, 0.1) is 22.4 Å². The van der Waals surface area contributed by atoms with E-state index >= 15 is 0 Å². The predicted octanol–water partition coefficient (Wildman–Crippen LogP) is 3.77. The molecule has 2 amide bonds. The molecule has 7 heteroatoms. The van der Waals surface area contributed by atoms with E-state index in [1.54, 1.807) is 0 Å². The van der Waals surface area contributed by atoms with Gasteiger partial charge in [-0.2, -0.15) is 5.26 Å². The summed E-state index contributed by atoms with van der Waals surface area (Å²) in [5, 5.41) is 17.6. The summed E-state index contributed by atoms with van der Waals surface area (Å²) in [5.74, 6) is -0.440. The average molecular weight is 383 g/mol. The Morgan fingerprint density at radius 3 is 2.96 bits per heavy atom. The maximum absolute atomic E-state index is 12.2. The van der Waals surface area contributed by atoms with Crippen LogP contribution < -0.4 is 10.6 Å². The molecule has 0 aliphatic carbocycles. The van der Waals surface area contributed by atoms with Gasteiger partial charge in [-0.05, 0) is 36.1 Å². The molecule has 1 aromatic carbocycles. The number of allylic oxidation sites excluding steroid dienone is 1. The van der Waals surface area contributed by atoms with Gasteiger partial charge in [0, 0.05) is 22.9 Å². The van der Waals surface area contributed by atoms with Crippen molar-refractivity contribution in [2.24, 2.45) is 0 Å². The standard InChI is InChI=1S/C19H17N3O2S2/c1-12-4-2-5-13(8-12)21-18(24)11-26-19-15(10-20)14(9-17(23)22-19)16-6-3-7-25-16/h2-8,14H,9,11H2,1H3,(H,21,24)(H,22,23)/t14-/m1/s1. The van der Waals surface area contributed by atoms with Gasteiger partial charge in [-0.1, -0.05) is 30.0 Å². The number of rotatable bonds is 5. The van der Waals surface area contributed by atoms with Crippen LogP contribution in [-0.4, -0.2) is 17.6 Å². The van der Waals surface area contributed by atoms with Crippen molar-refractivity contribution in [1.82, 2.24) is 5.32 Å². The van der Waals surface area contributed by atoms with Crippen molar-refractivity contribution < 1.29 is 9.59 Å². The monoisotopic (exact) mass is 383 g/mol. The first-order chi connectivity index (χ1) is 12.6. The van der Waals surface area contributed by atoms with Gasteiger partial charge in [0.1, 0.15) is 0 Å². The molecule has 1 atom stereocenters. The molecule has 0 unspecified atom stereocenters. The fourth-order valence-electron chi connectivity index (χ4n) is 2.72.